The SMILES string of the molecule is N=C1C=C(N2CCCCC2)NC(N)N1O. The minimum Gasteiger partial charge on any atom is -0.358 e. The van der Waals surface area contributed by atoms with Crippen LogP contribution in [0.3, 0.4) is 0 Å². The highest BCUT2D eigenvalue weighted by Gasteiger charge is 2.24. The molecule has 0 amide bonds. The van der Waals surface area contributed by atoms with Crippen molar-refractivity contribution in [3.63, 3.8) is 0 Å². The lowest BCUT2D eigenvalue weighted by Crippen LogP contribution is -2.57. The van der Waals surface area contributed by atoms with Gasteiger partial charge in [-0.15, -0.1) is 0 Å². The second kappa shape index (κ2) is 4.08. The molecule has 6 heteroatoms. The van der Waals surface area contributed by atoms with Crippen molar-refractivity contribution in [1.29, 1.82) is 5.41 Å². The van der Waals surface area contributed by atoms with Crippen molar-refractivity contribution in [2.45, 2.75) is 25.6 Å². The van der Waals surface area contributed by atoms with Gasteiger partial charge in [-0.25, -0.2) is 5.06 Å². The number of amidine groups is 1. The van der Waals surface area contributed by atoms with Crippen molar-refractivity contribution in [2.75, 3.05) is 13.1 Å². The van der Waals surface area contributed by atoms with Gasteiger partial charge in [0, 0.05) is 19.2 Å². The Kier molecular flexibility index (Phi) is 2.79. The van der Waals surface area contributed by atoms with Gasteiger partial charge < -0.3 is 10.2 Å². The van der Waals surface area contributed by atoms with Crippen molar-refractivity contribution in [3.05, 3.63) is 11.9 Å². The maximum absolute atomic E-state index is 9.32. The minimum absolute atomic E-state index is 0.0295. The molecule has 0 radical (unpaired) electrons. The van der Waals surface area contributed by atoms with E-state index in [4.69, 9.17) is 11.1 Å². The van der Waals surface area contributed by atoms with Crippen molar-refractivity contribution in [3.8, 4) is 0 Å². The standard InChI is InChI=1S/C9H17N5O/c10-7-6-8(12-9(11)14(7)15)13-4-2-1-3-5-13/h6,9-10,12,15H,1-5,11H2. The molecule has 0 spiro atoms. The van der Waals surface area contributed by atoms with Crippen molar-refractivity contribution < 1.29 is 5.21 Å². The molecule has 2 aliphatic rings. The Morgan fingerprint density at radius 3 is 2.67 bits per heavy atom. The summed E-state index contributed by atoms with van der Waals surface area (Å²) >= 11 is 0. The van der Waals surface area contributed by atoms with Crippen LogP contribution >= 0.6 is 0 Å². The highest BCUT2D eigenvalue weighted by molar-refractivity contribution is 5.90. The fourth-order valence-electron chi connectivity index (χ4n) is 1.92. The van der Waals surface area contributed by atoms with Gasteiger partial charge in [-0.05, 0) is 19.3 Å². The molecule has 1 fully saturated rings. The maximum atomic E-state index is 9.32. The minimum atomic E-state index is -0.723. The Balaban J connectivity index is 2.08. The quantitative estimate of drug-likeness (QED) is 0.483. The van der Waals surface area contributed by atoms with Crippen LogP contribution in [0, 0.1) is 5.41 Å². The summed E-state index contributed by atoms with van der Waals surface area (Å²) < 4.78 is 0. The Morgan fingerprint density at radius 1 is 1.40 bits per heavy atom. The first-order valence-electron chi connectivity index (χ1n) is 5.24. The van der Waals surface area contributed by atoms with Crippen LogP contribution in [-0.4, -0.2) is 40.4 Å². The number of nitrogens with two attached hydrogens (primary N) is 1. The molecule has 1 unspecified atom stereocenters. The molecule has 1 atom stereocenters. The molecule has 0 bridgehead atoms. The molecule has 0 aromatic carbocycles. The number of piperidine rings is 1. The van der Waals surface area contributed by atoms with Crippen LogP contribution in [0.25, 0.3) is 0 Å². The smallest absolute Gasteiger partial charge is 0.179 e. The number of hydrogen-bond acceptors (Lipinski definition) is 5. The van der Waals surface area contributed by atoms with Crippen LogP contribution in [0.1, 0.15) is 19.3 Å². The number of rotatable bonds is 1. The number of likely N-dealkylation sites (tertiary alicyclic amines) is 1. The Labute approximate surface area is 88.8 Å². The molecule has 2 rings (SSSR count). The summed E-state index contributed by atoms with van der Waals surface area (Å²) in [7, 11) is 0. The highest BCUT2D eigenvalue weighted by Crippen LogP contribution is 2.15. The predicted molar refractivity (Wildman–Crippen MR) is 56.0 cm³/mol. The fraction of sp³-hybridized carbons (Fsp3) is 0.667. The van der Waals surface area contributed by atoms with E-state index in [0.29, 0.717) is 5.06 Å². The molecule has 5 N–H and O–H groups in total. The molecule has 0 aromatic heterocycles. The third kappa shape index (κ3) is 2.05. The lowest BCUT2D eigenvalue weighted by molar-refractivity contribution is -0.0656. The van der Waals surface area contributed by atoms with Gasteiger partial charge in [-0.1, -0.05) is 0 Å². The van der Waals surface area contributed by atoms with Crippen molar-refractivity contribution in [1.82, 2.24) is 15.3 Å². The predicted octanol–water partition coefficient (Wildman–Crippen LogP) is -0.172. The average molecular weight is 211 g/mol. The van der Waals surface area contributed by atoms with E-state index in [0.717, 1.165) is 18.9 Å². The Bertz CT molecular complexity index is 284. The fourth-order valence-corrected chi connectivity index (χ4v) is 1.92. The van der Waals surface area contributed by atoms with E-state index >= 15 is 0 Å². The number of hydroxylamine groups is 2. The van der Waals surface area contributed by atoms with Gasteiger partial charge in [-0.3, -0.25) is 16.4 Å². The van der Waals surface area contributed by atoms with E-state index in [-0.39, 0.29) is 5.84 Å². The molecule has 6 nitrogen and oxygen atoms in total. The first-order chi connectivity index (χ1) is 7.18. The summed E-state index contributed by atoms with van der Waals surface area (Å²) in [5.41, 5.74) is 5.62. The second-order valence-electron chi connectivity index (χ2n) is 3.90. The summed E-state index contributed by atoms with van der Waals surface area (Å²) in [6.07, 6.45) is 4.49. The van der Waals surface area contributed by atoms with E-state index in [1.54, 1.807) is 6.08 Å². The lowest BCUT2D eigenvalue weighted by atomic mass is 10.1. The summed E-state index contributed by atoms with van der Waals surface area (Å²) in [6, 6.07) is 0. The summed E-state index contributed by atoms with van der Waals surface area (Å²) in [5.74, 6) is 0.874. The maximum Gasteiger partial charge on any atom is 0.179 e. The largest absolute Gasteiger partial charge is 0.358 e. The number of nitrogens with one attached hydrogen (secondary N) is 2. The zero-order valence-electron chi connectivity index (χ0n) is 8.61. The summed E-state index contributed by atoms with van der Waals surface area (Å²) in [4.78, 5) is 2.17. The molecule has 0 aliphatic carbocycles. The van der Waals surface area contributed by atoms with E-state index in [1.807, 2.05) is 0 Å². The van der Waals surface area contributed by atoms with Crippen LogP contribution in [0.2, 0.25) is 0 Å². The van der Waals surface area contributed by atoms with Crippen molar-refractivity contribution in [2.24, 2.45) is 5.73 Å². The summed E-state index contributed by atoms with van der Waals surface area (Å²) in [6.45, 7) is 1.98. The van der Waals surface area contributed by atoms with Gasteiger partial charge in [0.2, 0.25) is 0 Å². The van der Waals surface area contributed by atoms with E-state index in [2.05, 4.69) is 10.2 Å². The highest BCUT2D eigenvalue weighted by atomic mass is 16.5. The van der Waals surface area contributed by atoms with Crippen LogP contribution in [0.4, 0.5) is 0 Å². The molecule has 15 heavy (non-hydrogen) atoms. The third-order valence-corrected chi connectivity index (χ3v) is 2.78. The molecule has 84 valence electrons. The van der Waals surface area contributed by atoms with Crippen LogP contribution in [0.15, 0.2) is 11.9 Å². The van der Waals surface area contributed by atoms with Crippen LogP contribution in [-0.2, 0) is 0 Å². The molecule has 0 aromatic rings. The Morgan fingerprint density at radius 2 is 2.07 bits per heavy atom. The zero-order valence-corrected chi connectivity index (χ0v) is 8.61. The van der Waals surface area contributed by atoms with E-state index in [1.165, 1.54) is 19.3 Å². The molecule has 1 saturated heterocycles. The number of nitrogens with zero attached hydrogens (tertiary/aromatic N) is 2. The molecular weight excluding hydrogens is 194 g/mol. The van der Waals surface area contributed by atoms with E-state index in [9.17, 15) is 5.21 Å². The topological polar surface area (TPSA) is 88.6 Å². The molecule has 2 aliphatic heterocycles. The van der Waals surface area contributed by atoms with Gasteiger partial charge in [0.15, 0.2) is 12.1 Å². The van der Waals surface area contributed by atoms with Gasteiger partial charge >= 0.3 is 0 Å². The van der Waals surface area contributed by atoms with E-state index < -0.39 is 6.29 Å². The molecule has 0 saturated carbocycles. The lowest BCUT2D eigenvalue weighted by Gasteiger charge is -2.37. The second-order valence-corrected chi connectivity index (χ2v) is 3.90. The Hall–Kier alpha value is -1.27. The van der Waals surface area contributed by atoms with Crippen LogP contribution < -0.4 is 11.1 Å². The third-order valence-electron chi connectivity index (χ3n) is 2.78. The zero-order chi connectivity index (χ0) is 10.8. The van der Waals surface area contributed by atoms with Gasteiger partial charge in [0.05, 0.1) is 0 Å². The molecular formula is C9H17N5O. The monoisotopic (exact) mass is 211 g/mol. The molecule has 2 heterocycles. The first kappa shape index (κ1) is 10.3. The van der Waals surface area contributed by atoms with Gasteiger partial charge in [0.25, 0.3) is 0 Å². The van der Waals surface area contributed by atoms with Gasteiger partial charge in [0.1, 0.15) is 5.82 Å². The average Bonchev–Trinajstić information content (AvgIpc) is 2.26. The normalized spacial score (nSPS) is 27.5. The first-order valence-corrected chi connectivity index (χ1v) is 5.24. The summed E-state index contributed by atoms with van der Waals surface area (Å²) in [5, 5.41) is 20.5. The number of hydrogen-bond donors (Lipinski definition) is 4. The van der Waals surface area contributed by atoms with Crippen LogP contribution in [0.5, 0.6) is 0 Å². The van der Waals surface area contributed by atoms with Gasteiger partial charge in [-0.2, -0.15) is 0 Å². The van der Waals surface area contributed by atoms with Crippen molar-refractivity contribution >= 4 is 5.84 Å².